The lowest BCUT2D eigenvalue weighted by molar-refractivity contribution is -0.113. The Bertz CT molecular complexity index is 1160. The Morgan fingerprint density at radius 3 is 2.87 bits per heavy atom. The zero-order chi connectivity index (χ0) is 20.9. The van der Waals surface area contributed by atoms with Gasteiger partial charge in [-0.25, -0.2) is 4.98 Å². The Balaban J connectivity index is 1.26. The van der Waals surface area contributed by atoms with Gasteiger partial charge in [0, 0.05) is 5.02 Å². The predicted octanol–water partition coefficient (Wildman–Crippen LogP) is 4.65. The van der Waals surface area contributed by atoms with Crippen molar-refractivity contribution in [2.45, 2.75) is 11.8 Å². The van der Waals surface area contributed by atoms with Crippen LogP contribution in [0, 0.1) is 0 Å². The van der Waals surface area contributed by atoms with E-state index in [0.717, 1.165) is 33.3 Å². The average molecular weight is 463 g/mol. The molecule has 4 aromatic rings. The van der Waals surface area contributed by atoms with Gasteiger partial charge in [0.2, 0.25) is 5.91 Å². The minimum Gasteiger partial charge on any atom is -0.497 e. The van der Waals surface area contributed by atoms with Crippen LogP contribution in [0.1, 0.15) is 5.56 Å². The summed E-state index contributed by atoms with van der Waals surface area (Å²) in [6.07, 6.45) is 0.0387. The van der Waals surface area contributed by atoms with Crippen molar-refractivity contribution in [3.05, 3.63) is 53.1 Å². The molecule has 154 valence electrons. The Kier molecular flexibility index (Phi) is 6.36. The highest BCUT2D eigenvalue weighted by Crippen LogP contribution is 2.28. The van der Waals surface area contributed by atoms with E-state index in [9.17, 15) is 4.79 Å². The van der Waals surface area contributed by atoms with Crippen molar-refractivity contribution >= 4 is 56.0 Å². The number of carbonyl (C=O) groups excluding carboxylic acids is 1. The highest BCUT2D eigenvalue weighted by molar-refractivity contribution is 7.99. The van der Waals surface area contributed by atoms with Crippen LogP contribution < -0.4 is 14.8 Å². The van der Waals surface area contributed by atoms with Crippen LogP contribution in [-0.4, -0.2) is 34.0 Å². The van der Waals surface area contributed by atoms with Crippen molar-refractivity contribution in [1.29, 1.82) is 0 Å². The molecule has 0 spiro atoms. The first-order chi connectivity index (χ1) is 14.6. The zero-order valence-electron chi connectivity index (χ0n) is 15.6. The number of aromatic nitrogens is 3. The summed E-state index contributed by atoms with van der Waals surface area (Å²) in [6.45, 7) is 0.276. The number of nitrogens with zero attached hydrogens (tertiary/aromatic N) is 3. The second-order valence-electron chi connectivity index (χ2n) is 5.94. The number of anilines is 1. The van der Waals surface area contributed by atoms with E-state index in [1.54, 1.807) is 13.2 Å². The van der Waals surface area contributed by atoms with Gasteiger partial charge in [0.15, 0.2) is 5.13 Å². The third kappa shape index (κ3) is 5.21. The van der Waals surface area contributed by atoms with Crippen molar-refractivity contribution in [3.8, 4) is 11.8 Å². The van der Waals surface area contributed by atoms with Gasteiger partial charge in [0.05, 0.1) is 23.1 Å². The van der Waals surface area contributed by atoms with Gasteiger partial charge >= 0.3 is 6.08 Å². The highest BCUT2D eigenvalue weighted by atomic mass is 35.5. The summed E-state index contributed by atoms with van der Waals surface area (Å²) in [7, 11) is 1.61. The van der Waals surface area contributed by atoms with Crippen LogP contribution in [0.5, 0.6) is 11.8 Å². The van der Waals surface area contributed by atoms with Gasteiger partial charge in [0.25, 0.3) is 5.22 Å². The van der Waals surface area contributed by atoms with Crippen LogP contribution in [0.3, 0.4) is 0 Å². The van der Waals surface area contributed by atoms with Crippen molar-refractivity contribution < 1.29 is 18.7 Å². The summed E-state index contributed by atoms with van der Waals surface area (Å²) < 4.78 is 16.9. The molecule has 0 aliphatic heterocycles. The van der Waals surface area contributed by atoms with Crippen molar-refractivity contribution in [3.63, 3.8) is 0 Å². The molecule has 0 bridgehead atoms. The fourth-order valence-electron chi connectivity index (χ4n) is 2.42. The molecule has 0 radical (unpaired) electrons. The van der Waals surface area contributed by atoms with Gasteiger partial charge in [-0.3, -0.25) is 4.79 Å². The fraction of sp³-hybridized carbons (Fsp3) is 0.158. The molecule has 30 heavy (non-hydrogen) atoms. The number of nitrogens with one attached hydrogen (secondary N) is 1. The summed E-state index contributed by atoms with van der Waals surface area (Å²) >= 11 is 8.44. The number of thioether (sulfide) groups is 1. The molecular weight excluding hydrogens is 448 g/mol. The Morgan fingerprint density at radius 1 is 1.23 bits per heavy atom. The first-order valence-corrected chi connectivity index (χ1v) is 10.8. The molecule has 0 saturated carbocycles. The normalized spacial score (nSPS) is 10.9. The second-order valence-corrected chi connectivity index (χ2v) is 8.33. The van der Waals surface area contributed by atoms with E-state index in [1.165, 1.54) is 11.3 Å². The smallest absolute Gasteiger partial charge is 0.415 e. The number of rotatable bonds is 8. The van der Waals surface area contributed by atoms with Crippen LogP contribution in [0.4, 0.5) is 5.13 Å². The van der Waals surface area contributed by atoms with E-state index in [0.29, 0.717) is 10.2 Å². The molecule has 0 atom stereocenters. The lowest BCUT2D eigenvalue weighted by Crippen LogP contribution is -2.13. The molecule has 0 aliphatic rings. The third-order valence-electron chi connectivity index (χ3n) is 3.83. The number of halogens is 1. The minimum atomic E-state index is -0.232. The van der Waals surface area contributed by atoms with Gasteiger partial charge in [0.1, 0.15) is 12.4 Å². The highest BCUT2D eigenvalue weighted by Gasteiger charge is 2.13. The number of benzene rings is 2. The van der Waals surface area contributed by atoms with Crippen LogP contribution in [0.2, 0.25) is 5.02 Å². The number of fused-ring (bicyclic) bond motifs is 1. The largest absolute Gasteiger partial charge is 0.497 e. The van der Waals surface area contributed by atoms with E-state index in [-0.39, 0.29) is 29.6 Å². The topological polar surface area (TPSA) is 99.4 Å². The van der Waals surface area contributed by atoms with Crippen molar-refractivity contribution in [2.24, 2.45) is 0 Å². The van der Waals surface area contributed by atoms with Gasteiger partial charge in [-0.2, -0.15) is 0 Å². The first-order valence-electron chi connectivity index (χ1n) is 8.67. The van der Waals surface area contributed by atoms with E-state index >= 15 is 0 Å². The molecule has 4 rings (SSSR count). The van der Waals surface area contributed by atoms with Crippen molar-refractivity contribution in [1.82, 2.24) is 15.2 Å². The number of thiazole rings is 1. The Hall–Kier alpha value is -2.82. The quantitative estimate of drug-likeness (QED) is 0.378. The molecule has 0 saturated heterocycles. The molecule has 1 amide bonds. The SMILES string of the molecule is COc1ccc(COc2nnc(SCC(=O)Nc3nc4ccc(Cl)cc4s3)o2)cc1. The molecule has 2 aromatic heterocycles. The standard InChI is InChI=1S/C19H15ClN4O4S2/c1-26-13-5-2-11(3-6-13)9-27-18-23-24-19(28-18)29-10-16(25)22-17-21-14-7-4-12(20)8-15(14)30-17/h2-8H,9-10H2,1H3,(H,21,22,25). The predicted molar refractivity (Wildman–Crippen MR) is 116 cm³/mol. The van der Waals surface area contributed by atoms with Gasteiger partial charge in [-0.1, -0.05) is 57.0 Å². The number of amides is 1. The molecular formula is C19H15ClN4O4S2. The molecule has 2 heterocycles. The van der Waals surface area contributed by atoms with Gasteiger partial charge < -0.3 is 19.2 Å². The molecule has 0 unspecified atom stereocenters. The molecule has 8 nitrogen and oxygen atoms in total. The Morgan fingerprint density at radius 2 is 2.07 bits per heavy atom. The molecule has 0 fully saturated rings. The number of hydrogen-bond donors (Lipinski definition) is 1. The lowest BCUT2D eigenvalue weighted by Gasteiger charge is -2.03. The summed E-state index contributed by atoms with van der Waals surface area (Å²) in [6, 6.07) is 12.8. The molecule has 1 N–H and O–H groups in total. The van der Waals surface area contributed by atoms with Gasteiger partial charge in [-0.15, -0.1) is 0 Å². The number of carbonyl (C=O) groups is 1. The van der Waals surface area contributed by atoms with E-state index in [2.05, 4.69) is 20.5 Å². The van der Waals surface area contributed by atoms with E-state index in [1.807, 2.05) is 36.4 Å². The fourth-order valence-corrected chi connectivity index (χ4v) is 4.13. The summed E-state index contributed by atoms with van der Waals surface area (Å²) in [5.74, 6) is 0.628. The summed E-state index contributed by atoms with van der Waals surface area (Å²) in [5, 5.41) is 11.8. The zero-order valence-corrected chi connectivity index (χ0v) is 18.0. The first kappa shape index (κ1) is 20.5. The molecule has 0 aliphatic carbocycles. The van der Waals surface area contributed by atoms with Crippen LogP contribution in [0.15, 0.2) is 52.1 Å². The lowest BCUT2D eigenvalue weighted by atomic mass is 10.2. The average Bonchev–Trinajstić information content (AvgIpc) is 3.37. The van der Waals surface area contributed by atoms with Crippen molar-refractivity contribution in [2.75, 3.05) is 18.2 Å². The minimum absolute atomic E-state index is 0.0387. The number of methoxy groups -OCH3 is 1. The summed E-state index contributed by atoms with van der Waals surface area (Å²) in [5.41, 5.74) is 1.71. The van der Waals surface area contributed by atoms with E-state index < -0.39 is 0 Å². The van der Waals surface area contributed by atoms with E-state index in [4.69, 9.17) is 25.5 Å². The maximum Gasteiger partial charge on any atom is 0.415 e. The third-order valence-corrected chi connectivity index (χ3v) is 5.82. The van der Waals surface area contributed by atoms with Crippen LogP contribution >= 0.6 is 34.7 Å². The summed E-state index contributed by atoms with van der Waals surface area (Å²) in [4.78, 5) is 16.5. The monoisotopic (exact) mass is 462 g/mol. The number of ether oxygens (including phenoxy) is 2. The molecule has 11 heteroatoms. The molecule has 2 aromatic carbocycles. The maximum atomic E-state index is 12.2. The van der Waals surface area contributed by atoms with Crippen LogP contribution in [0.25, 0.3) is 10.2 Å². The Labute approximate surface area is 184 Å². The second kappa shape index (κ2) is 9.33. The number of hydrogen-bond acceptors (Lipinski definition) is 9. The van der Waals surface area contributed by atoms with Gasteiger partial charge in [-0.05, 0) is 35.9 Å². The van der Waals surface area contributed by atoms with Crippen LogP contribution in [-0.2, 0) is 11.4 Å². The maximum absolute atomic E-state index is 12.2.